The van der Waals surface area contributed by atoms with E-state index < -0.39 is 24.7 Å². The number of fused-ring (bicyclic) bond motifs is 1. The van der Waals surface area contributed by atoms with Crippen LogP contribution in [0.4, 0.5) is 13.6 Å². The van der Waals surface area contributed by atoms with Crippen molar-refractivity contribution in [2.45, 2.75) is 12.0 Å². The monoisotopic (exact) mass is 279 g/mol. The van der Waals surface area contributed by atoms with Crippen LogP contribution in [0.1, 0.15) is 11.6 Å². The van der Waals surface area contributed by atoms with E-state index in [0.717, 1.165) is 0 Å². The molecule has 0 unspecified atom stereocenters. The van der Waals surface area contributed by atoms with Gasteiger partial charge in [0.2, 0.25) is 0 Å². The van der Waals surface area contributed by atoms with Crippen molar-refractivity contribution in [3.05, 3.63) is 42.0 Å². The first-order valence-corrected chi connectivity index (χ1v) is 6.01. The lowest BCUT2D eigenvalue weighted by Crippen LogP contribution is -2.49. The summed E-state index contributed by atoms with van der Waals surface area (Å²) in [5.74, 6) is -3.58. The Bertz CT molecular complexity index is 687. The van der Waals surface area contributed by atoms with Gasteiger partial charge in [0.05, 0.1) is 0 Å². The topological polar surface area (TPSA) is 58.6 Å². The minimum absolute atomic E-state index is 0.00440. The number of benzene rings is 2. The van der Waals surface area contributed by atoms with Crippen LogP contribution in [-0.2, 0) is 4.74 Å². The molecule has 0 aliphatic carbocycles. The van der Waals surface area contributed by atoms with Crippen LogP contribution >= 0.6 is 0 Å². The second kappa shape index (κ2) is 4.33. The summed E-state index contributed by atoms with van der Waals surface area (Å²) in [6.45, 7) is -1.01. The van der Waals surface area contributed by atoms with Crippen LogP contribution in [0.5, 0.6) is 5.75 Å². The number of alkyl carbamates (subject to hydrolysis) is 1. The highest BCUT2D eigenvalue weighted by Crippen LogP contribution is 2.41. The van der Waals surface area contributed by atoms with Crippen LogP contribution in [0.15, 0.2) is 36.4 Å². The quantitative estimate of drug-likeness (QED) is 0.843. The van der Waals surface area contributed by atoms with Gasteiger partial charge in [0.15, 0.2) is 6.61 Å². The molecule has 2 aromatic rings. The molecular formula is C14H11F2NO3. The third kappa shape index (κ3) is 1.93. The number of carbonyl (C=O) groups excluding carboxylic acids is 1. The molecule has 0 aromatic heterocycles. The predicted octanol–water partition coefficient (Wildman–Crippen LogP) is 2.96. The Balaban J connectivity index is 2.22. The van der Waals surface area contributed by atoms with Crippen LogP contribution in [0.2, 0.25) is 0 Å². The zero-order chi connectivity index (χ0) is 14.3. The van der Waals surface area contributed by atoms with Crippen molar-refractivity contribution >= 4 is 16.9 Å². The first-order valence-electron chi connectivity index (χ1n) is 6.01. The van der Waals surface area contributed by atoms with E-state index in [4.69, 9.17) is 0 Å². The van der Waals surface area contributed by atoms with Crippen LogP contribution < -0.4 is 5.32 Å². The van der Waals surface area contributed by atoms with E-state index in [-0.39, 0.29) is 11.3 Å². The van der Waals surface area contributed by atoms with E-state index in [1.54, 1.807) is 30.3 Å². The Kier molecular flexibility index (Phi) is 2.74. The lowest BCUT2D eigenvalue weighted by molar-refractivity contribution is -0.104. The van der Waals surface area contributed by atoms with E-state index >= 15 is 0 Å². The molecule has 4 nitrogen and oxygen atoms in total. The zero-order valence-electron chi connectivity index (χ0n) is 10.3. The molecule has 0 radical (unpaired) electrons. The molecule has 1 fully saturated rings. The number of phenols is 1. The van der Waals surface area contributed by atoms with Gasteiger partial charge in [-0.2, -0.15) is 0 Å². The molecular weight excluding hydrogens is 268 g/mol. The maximum atomic E-state index is 14.0. The SMILES string of the molecule is O=C1N[C@@H](c2c(O)ccc3ccccc23)C(F)(F)CO1. The van der Waals surface area contributed by atoms with Crippen molar-refractivity contribution in [1.29, 1.82) is 0 Å². The summed E-state index contributed by atoms with van der Waals surface area (Å²) < 4.78 is 32.3. The lowest BCUT2D eigenvalue weighted by atomic mass is 9.93. The van der Waals surface area contributed by atoms with Crippen molar-refractivity contribution in [3.8, 4) is 5.75 Å². The van der Waals surface area contributed by atoms with E-state index in [9.17, 15) is 18.7 Å². The van der Waals surface area contributed by atoms with Crippen molar-refractivity contribution in [3.63, 3.8) is 0 Å². The number of nitrogens with one attached hydrogen (secondary N) is 1. The standard InChI is InChI=1S/C14H11F2NO3/c15-14(16)7-20-13(19)17-12(14)11-9-4-2-1-3-8(9)5-6-10(11)18/h1-6,12,18H,7H2,(H,17,19)/t12-/m0/s1. The largest absolute Gasteiger partial charge is 0.508 e. The molecule has 0 spiro atoms. The van der Waals surface area contributed by atoms with Gasteiger partial charge in [0.1, 0.15) is 11.8 Å². The summed E-state index contributed by atoms with van der Waals surface area (Å²) in [5.41, 5.74) is 0.00440. The highest BCUT2D eigenvalue weighted by molar-refractivity contribution is 5.89. The summed E-state index contributed by atoms with van der Waals surface area (Å²) >= 11 is 0. The molecule has 6 heteroatoms. The fourth-order valence-electron chi connectivity index (χ4n) is 2.38. The first-order chi connectivity index (χ1) is 9.49. The Hall–Kier alpha value is -2.37. The Morgan fingerprint density at radius 2 is 2.00 bits per heavy atom. The Labute approximate surface area is 113 Å². The fraction of sp³-hybridized carbons (Fsp3) is 0.214. The molecule has 1 heterocycles. The summed E-state index contributed by atoms with van der Waals surface area (Å²) in [6.07, 6.45) is -0.923. The molecule has 1 amide bonds. The molecule has 2 N–H and O–H groups in total. The summed E-state index contributed by atoms with van der Waals surface area (Å²) in [5, 5.41) is 13.2. The molecule has 0 bridgehead atoms. The summed E-state index contributed by atoms with van der Waals surface area (Å²) in [7, 11) is 0. The maximum Gasteiger partial charge on any atom is 0.408 e. The molecule has 0 saturated carbocycles. The van der Waals surface area contributed by atoms with Gasteiger partial charge in [-0.3, -0.25) is 0 Å². The minimum atomic E-state index is -3.30. The number of hydrogen-bond acceptors (Lipinski definition) is 3. The van der Waals surface area contributed by atoms with Crippen LogP contribution in [0, 0.1) is 0 Å². The van der Waals surface area contributed by atoms with Crippen molar-refractivity contribution in [2.24, 2.45) is 0 Å². The third-order valence-corrected chi connectivity index (χ3v) is 3.32. The molecule has 2 aromatic carbocycles. The van der Waals surface area contributed by atoms with E-state index in [1.807, 2.05) is 0 Å². The normalized spacial score (nSPS) is 21.3. The molecule has 1 saturated heterocycles. The maximum absolute atomic E-state index is 14.0. The number of carbonyl (C=O) groups is 1. The molecule has 20 heavy (non-hydrogen) atoms. The van der Waals surface area contributed by atoms with Gasteiger partial charge in [-0.15, -0.1) is 0 Å². The third-order valence-electron chi connectivity index (χ3n) is 3.32. The van der Waals surface area contributed by atoms with Gasteiger partial charge >= 0.3 is 12.0 Å². The van der Waals surface area contributed by atoms with Gasteiger partial charge in [0.25, 0.3) is 0 Å². The van der Waals surface area contributed by atoms with Gasteiger partial charge in [0, 0.05) is 5.56 Å². The summed E-state index contributed by atoms with van der Waals surface area (Å²) in [4.78, 5) is 11.2. The van der Waals surface area contributed by atoms with Gasteiger partial charge in [-0.05, 0) is 16.8 Å². The number of ether oxygens (including phenoxy) is 1. The Morgan fingerprint density at radius 3 is 2.80 bits per heavy atom. The number of amides is 1. The molecule has 1 aliphatic heterocycles. The second-order valence-corrected chi connectivity index (χ2v) is 4.63. The molecule has 3 rings (SSSR count). The fourth-order valence-corrected chi connectivity index (χ4v) is 2.38. The van der Waals surface area contributed by atoms with E-state index in [2.05, 4.69) is 10.1 Å². The van der Waals surface area contributed by atoms with Crippen LogP contribution in [-0.4, -0.2) is 23.7 Å². The Morgan fingerprint density at radius 1 is 1.25 bits per heavy atom. The number of rotatable bonds is 1. The molecule has 1 aliphatic rings. The van der Waals surface area contributed by atoms with Crippen LogP contribution in [0.25, 0.3) is 10.8 Å². The van der Waals surface area contributed by atoms with Crippen molar-refractivity contribution in [2.75, 3.05) is 6.61 Å². The average Bonchev–Trinajstić information content (AvgIpc) is 2.42. The second-order valence-electron chi connectivity index (χ2n) is 4.63. The zero-order valence-corrected chi connectivity index (χ0v) is 10.3. The van der Waals surface area contributed by atoms with Crippen LogP contribution in [0.3, 0.4) is 0 Å². The number of phenolic OH excluding ortho intramolecular Hbond substituents is 1. The number of aromatic hydroxyl groups is 1. The van der Waals surface area contributed by atoms with E-state index in [1.165, 1.54) is 6.07 Å². The lowest BCUT2D eigenvalue weighted by Gasteiger charge is -2.32. The highest BCUT2D eigenvalue weighted by atomic mass is 19.3. The highest BCUT2D eigenvalue weighted by Gasteiger charge is 2.48. The smallest absolute Gasteiger partial charge is 0.408 e. The van der Waals surface area contributed by atoms with Gasteiger partial charge in [-0.1, -0.05) is 30.3 Å². The summed E-state index contributed by atoms with van der Waals surface area (Å²) in [6, 6.07) is 8.19. The number of halogens is 2. The number of alkyl halides is 2. The predicted molar refractivity (Wildman–Crippen MR) is 67.8 cm³/mol. The van der Waals surface area contributed by atoms with E-state index in [0.29, 0.717) is 10.8 Å². The van der Waals surface area contributed by atoms with Gasteiger partial charge < -0.3 is 15.2 Å². The number of cyclic esters (lactones) is 1. The van der Waals surface area contributed by atoms with Crippen molar-refractivity contribution < 1.29 is 23.4 Å². The average molecular weight is 279 g/mol. The molecule has 104 valence electrons. The van der Waals surface area contributed by atoms with Gasteiger partial charge in [-0.25, -0.2) is 13.6 Å². The molecule has 1 atom stereocenters. The first kappa shape index (κ1) is 12.7. The van der Waals surface area contributed by atoms with Crippen molar-refractivity contribution in [1.82, 2.24) is 5.32 Å². The number of hydrogen-bond donors (Lipinski definition) is 2. The minimum Gasteiger partial charge on any atom is -0.508 e.